The van der Waals surface area contributed by atoms with E-state index in [4.69, 9.17) is 16.3 Å². The molecule has 1 fully saturated rings. The number of alkyl halides is 1. The van der Waals surface area contributed by atoms with Gasteiger partial charge in [0, 0.05) is 11.5 Å². The van der Waals surface area contributed by atoms with Crippen molar-refractivity contribution in [3.63, 3.8) is 0 Å². The lowest BCUT2D eigenvalue weighted by Crippen LogP contribution is -2.04. The molecule has 1 aromatic carbocycles. The second kappa shape index (κ2) is 4.65. The molecule has 2 aromatic rings. The molecule has 1 aromatic heterocycles. The predicted octanol–water partition coefficient (Wildman–Crippen LogP) is 3.50. The Labute approximate surface area is 111 Å². The van der Waals surface area contributed by atoms with Gasteiger partial charge in [0.25, 0.3) is 0 Å². The van der Waals surface area contributed by atoms with Crippen LogP contribution in [0.3, 0.4) is 0 Å². The number of ether oxygens (including phenoxy) is 1. The zero-order valence-electron chi connectivity index (χ0n) is 10.3. The lowest BCUT2D eigenvalue weighted by Gasteiger charge is -2.11. The summed E-state index contributed by atoms with van der Waals surface area (Å²) >= 11 is 5.99. The van der Waals surface area contributed by atoms with E-state index >= 15 is 0 Å². The molecule has 0 saturated heterocycles. The van der Waals surface area contributed by atoms with Crippen molar-refractivity contribution in [3.8, 4) is 11.4 Å². The number of hydrogen-bond donors (Lipinski definition) is 0. The summed E-state index contributed by atoms with van der Waals surface area (Å²) in [4.78, 5) is 0. The third-order valence-corrected chi connectivity index (χ3v) is 3.60. The maximum absolute atomic E-state index is 5.99. The van der Waals surface area contributed by atoms with Crippen LogP contribution in [0.15, 0.2) is 30.5 Å². The summed E-state index contributed by atoms with van der Waals surface area (Å²) in [5, 5.41) is 4.48. The Hall–Kier alpha value is -1.48. The second-order valence-electron chi connectivity index (χ2n) is 4.55. The predicted molar refractivity (Wildman–Crippen MR) is 71.6 cm³/mol. The van der Waals surface area contributed by atoms with Gasteiger partial charge in [-0.15, -0.1) is 11.6 Å². The minimum atomic E-state index is 0.515. The van der Waals surface area contributed by atoms with Crippen LogP contribution in [0, 0.1) is 0 Å². The number of para-hydroxylation sites is 2. The highest BCUT2D eigenvalue weighted by atomic mass is 35.5. The van der Waals surface area contributed by atoms with E-state index in [1.54, 1.807) is 7.11 Å². The number of hydrogen-bond acceptors (Lipinski definition) is 2. The molecule has 94 valence electrons. The van der Waals surface area contributed by atoms with Crippen LogP contribution >= 0.6 is 11.6 Å². The molecule has 3 rings (SSSR count). The standard InChI is InChI=1S/C14H15ClN2O/c1-18-13-5-3-2-4-12(13)17-14(10-6-7-10)11(8-15)9-16-17/h2-5,9-10H,6-8H2,1H3. The number of benzene rings is 1. The number of nitrogens with zero attached hydrogens (tertiary/aromatic N) is 2. The fourth-order valence-corrected chi connectivity index (χ4v) is 2.49. The van der Waals surface area contributed by atoms with Crippen molar-refractivity contribution in [2.45, 2.75) is 24.6 Å². The van der Waals surface area contributed by atoms with Gasteiger partial charge in [-0.1, -0.05) is 12.1 Å². The van der Waals surface area contributed by atoms with Gasteiger partial charge in [-0.25, -0.2) is 4.68 Å². The Morgan fingerprint density at radius 2 is 2.17 bits per heavy atom. The van der Waals surface area contributed by atoms with E-state index in [-0.39, 0.29) is 0 Å². The zero-order chi connectivity index (χ0) is 12.5. The van der Waals surface area contributed by atoms with Gasteiger partial charge in [0.2, 0.25) is 0 Å². The monoisotopic (exact) mass is 262 g/mol. The molecular weight excluding hydrogens is 248 g/mol. The minimum Gasteiger partial charge on any atom is -0.494 e. The first-order chi connectivity index (χ1) is 8.85. The lowest BCUT2D eigenvalue weighted by molar-refractivity contribution is 0.411. The normalized spacial score (nSPS) is 14.8. The molecule has 0 spiro atoms. The highest BCUT2D eigenvalue weighted by molar-refractivity contribution is 6.17. The third-order valence-electron chi connectivity index (χ3n) is 3.31. The summed E-state index contributed by atoms with van der Waals surface area (Å²) in [6.07, 6.45) is 4.32. The molecule has 0 bridgehead atoms. The van der Waals surface area contributed by atoms with Crippen LogP contribution in [0.2, 0.25) is 0 Å². The van der Waals surface area contributed by atoms with Crippen LogP contribution in [0.5, 0.6) is 5.75 Å². The molecule has 0 unspecified atom stereocenters. The quantitative estimate of drug-likeness (QED) is 0.789. The average Bonchev–Trinajstić information content (AvgIpc) is 3.17. The van der Waals surface area contributed by atoms with E-state index in [0.29, 0.717) is 11.8 Å². The van der Waals surface area contributed by atoms with E-state index in [9.17, 15) is 0 Å². The van der Waals surface area contributed by atoms with E-state index in [2.05, 4.69) is 5.10 Å². The van der Waals surface area contributed by atoms with Crippen molar-refractivity contribution in [1.82, 2.24) is 9.78 Å². The van der Waals surface area contributed by atoms with Gasteiger partial charge in [0.15, 0.2) is 0 Å². The van der Waals surface area contributed by atoms with Gasteiger partial charge >= 0.3 is 0 Å². The second-order valence-corrected chi connectivity index (χ2v) is 4.81. The summed E-state index contributed by atoms with van der Waals surface area (Å²) in [5.74, 6) is 1.95. The molecule has 4 heteroatoms. The summed E-state index contributed by atoms with van der Waals surface area (Å²) in [6.45, 7) is 0. The Kier molecular flexibility index (Phi) is 3.00. The zero-order valence-corrected chi connectivity index (χ0v) is 11.0. The molecule has 0 radical (unpaired) electrons. The first-order valence-electron chi connectivity index (χ1n) is 6.11. The van der Waals surface area contributed by atoms with Crippen LogP contribution in [-0.2, 0) is 5.88 Å². The summed E-state index contributed by atoms with van der Waals surface area (Å²) in [7, 11) is 1.68. The first kappa shape index (κ1) is 11.6. The smallest absolute Gasteiger partial charge is 0.144 e. The topological polar surface area (TPSA) is 27.1 Å². The van der Waals surface area contributed by atoms with E-state index < -0.39 is 0 Å². The summed E-state index contributed by atoms with van der Waals surface area (Å²) < 4.78 is 7.38. The van der Waals surface area contributed by atoms with Gasteiger partial charge in [-0.3, -0.25) is 0 Å². The Bertz CT molecular complexity index is 561. The molecule has 1 aliphatic carbocycles. The van der Waals surface area contributed by atoms with E-state index in [0.717, 1.165) is 17.0 Å². The van der Waals surface area contributed by atoms with Crippen molar-refractivity contribution in [2.75, 3.05) is 7.11 Å². The SMILES string of the molecule is COc1ccccc1-n1ncc(CCl)c1C1CC1. The summed E-state index contributed by atoms with van der Waals surface area (Å²) in [6, 6.07) is 7.94. The molecule has 0 N–H and O–H groups in total. The largest absolute Gasteiger partial charge is 0.494 e. The number of rotatable bonds is 4. The van der Waals surface area contributed by atoms with Crippen molar-refractivity contribution in [3.05, 3.63) is 41.7 Å². The van der Waals surface area contributed by atoms with Crippen LogP contribution in [-0.4, -0.2) is 16.9 Å². The van der Waals surface area contributed by atoms with Crippen LogP contribution in [0.25, 0.3) is 5.69 Å². The van der Waals surface area contributed by atoms with Gasteiger partial charge in [0.1, 0.15) is 11.4 Å². The average molecular weight is 263 g/mol. The molecule has 0 aliphatic heterocycles. The lowest BCUT2D eigenvalue weighted by atomic mass is 10.2. The molecule has 3 nitrogen and oxygen atoms in total. The molecule has 1 aliphatic rings. The van der Waals surface area contributed by atoms with Crippen molar-refractivity contribution < 1.29 is 4.74 Å². The molecule has 1 heterocycles. The molecule has 0 atom stereocenters. The van der Waals surface area contributed by atoms with Gasteiger partial charge in [-0.05, 0) is 25.0 Å². The maximum atomic E-state index is 5.99. The highest BCUT2D eigenvalue weighted by Crippen LogP contribution is 2.43. The summed E-state index contributed by atoms with van der Waals surface area (Å²) in [5.41, 5.74) is 3.36. The van der Waals surface area contributed by atoms with Gasteiger partial charge in [-0.2, -0.15) is 5.10 Å². The van der Waals surface area contributed by atoms with Crippen LogP contribution in [0.4, 0.5) is 0 Å². The van der Waals surface area contributed by atoms with Crippen molar-refractivity contribution >= 4 is 11.6 Å². The first-order valence-corrected chi connectivity index (χ1v) is 6.64. The molecular formula is C14H15ClN2O. The number of aromatic nitrogens is 2. The van der Waals surface area contributed by atoms with E-state index in [1.165, 1.54) is 18.5 Å². The highest BCUT2D eigenvalue weighted by Gasteiger charge is 2.30. The Morgan fingerprint density at radius 3 is 2.83 bits per heavy atom. The van der Waals surface area contributed by atoms with Crippen LogP contribution in [0.1, 0.15) is 30.0 Å². The fourth-order valence-electron chi connectivity index (χ4n) is 2.28. The Balaban J connectivity index is 2.13. The van der Waals surface area contributed by atoms with Crippen LogP contribution < -0.4 is 4.74 Å². The molecule has 0 amide bonds. The Morgan fingerprint density at radius 1 is 1.39 bits per heavy atom. The number of halogens is 1. The molecule has 18 heavy (non-hydrogen) atoms. The fraction of sp³-hybridized carbons (Fsp3) is 0.357. The van der Waals surface area contributed by atoms with E-state index in [1.807, 2.05) is 35.1 Å². The number of methoxy groups -OCH3 is 1. The van der Waals surface area contributed by atoms with Crippen molar-refractivity contribution in [1.29, 1.82) is 0 Å². The minimum absolute atomic E-state index is 0.515. The van der Waals surface area contributed by atoms with Crippen molar-refractivity contribution in [2.24, 2.45) is 0 Å². The third kappa shape index (κ3) is 1.89. The molecule has 1 saturated carbocycles. The van der Waals surface area contributed by atoms with Gasteiger partial charge < -0.3 is 4.74 Å². The van der Waals surface area contributed by atoms with Gasteiger partial charge in [0.05, 0.1) is 24.9 Å². The maximum Gasteiger partial charge on any atom is 0.144 e.